The third kappa shape index (κ3) is 3.90. The van der Waals surface area contributed by atoms with Gasteiger partial charge < -0.3 is 15.9 Å². The summed E-state index contributed by atoms with van der Waals surface area (Å²) in [6.07, 6.45) is -0.774. The molecule has 0 bridgehead atoms. The van der Waals surface area contributed by atoms with E-state index in [-0.39, 0.29) is 29.1 Å². The molecule has 0 saturated heterocycles. The molecule has 0 aromatic heterocycles. The van der Waals surface area contributed by atoms with Crippen LogP contribution in [0.4, 0.5) is 0 Å². The van der Waals surface area contributed by atoms with Crippen molar-refractivity contribution in [1.29, 1.82) is 0 Å². The fourth-order valence-corrected chi connectivity index (χ4v) is 2.10. The maximum atomic E-state index is 9.84. The highest BCUT2D eigenvalue weighted by Crippen LogP contribution is 2.36. The number of aliphatic hydroxyl groups is 1. The molecule has 1 aromatic rings. The van der Waals surface area contributed by atoms with Crippen molar-refractivity contribution in [2.24, 2.45) is 11.7 Å². The van der Waals surface area contributed by atoms with Gasteiger partial charge in [-0.2, -0.15) is 0 Å². The van der Waals surface area contributed by atoms with Crippen LogP contribution in [0.15, 0.2) is 12.1 Å². The van der Waals surface area contributed by atoms with Crippen molar-refractivity contribution < 1.29 is 10.2 Å². The van der Waals surface area contributed by atoms with Crippen LogP contribution >= 0.6 is 35.6 Å². The normalized spacial score (nSPS) is 14.3. The Kier molecular flexibility index (Phi) is 6.59. The Balaban J connectivity index is 0.00000256. The van der Waals surface area contributed by atoms with Gasteiger partial charge in [-0.3, -0.25) is 0 Å². The molecule has 0 saturated carbocycles. The highest BCUT2D eigenvalue weighted by molar-refractivity contribution is 6.35. The van der Waals surface area contributed by atoms with Crippen LogP contribution in [0.3, 0.4) is 0 Å². The molecular weight excluding hydrogens is 284 g/mol. The van der Waals surface area contributed by atoms with E-state index in [1.54, 1.807) is 0 Å². The Morgan fingerprint density at radius 1 is 1.24 bits per heavy atom. The maximum absolute atomic E-state index is 9.84. The van der Waals surface area contributed by atoms with Crippen molar-refractivity contribution >= 4 is 35.6 Å². The van der Waals surface area contributed by atoms with Crippen LogP contribution in [0.5, 0.6) is 5.75 Å². The van der Waals surface area contributed by atoms with E-state index in [2.05, 4.69) is 0 Å². The molecule has 0 aliphatic rings. The van der Waals surface area contributed by atoms with Crippen LogP contribution in [-0.2, 0) is 0 Å². The first-order chi connectivity index (χ1) is 7.34. The molecule has 1 rings (SSSR count). The summed E-state index contributed by atoms with van der Waals surface area (Å²) in [6, 6.07) is 2.12. The van der Waals surface area contributed by atoms with Gasteiger partial charge in [0.1, 0.15) is 5.75 Å². The summed E-state index contributed by atoms with van der Waals surface area (Å²) in [4.78, 5) is 0. The summed E-state index contributed by atoms with van der Waals surface area (Å²) < 4.78 is 0. The van der Waals surface area contributed by atoms with E-state index in [1.165, 1.54) is 12.1 Å². The monoisotopic (exact) mass is 299 g/mol. The first kappa shape index (κ1) is 16.8. The zero-order valence-corrected chi connectivity index (χ0v) is 11.9. The largest absolute Gasteiger partial charge is 0.507 e. The summed E-state index contributed by atoms with van der Waals surface area (Å²) >= 11 is 11.7. The number of halogens is 3. The Bertz CT molecular complexity index is 362. The molecule has 98 valence electrons. The smallest absolute Gasteiger partial charge is 0.123 e. The van der Waals surface area contributed by atoms with Crippen molar-refractivity contribution in [3.8, 4) is 5.75 Å². The third-order valence-corrected chi connectivity index (χ3v) is 2.99. The van der Waals surface area contributed by atoms with E-state index < -0.39 is 12.1 Å². The van der Waals surface area contributed by atoms with E-state index in [0.717, 1.165) is 0 Å². The molecule has 17 heavy (non-hydrogen) atoms. The Morgan fingerprint density at radius 3 is 2.18 bits per heavy atom. The minimum Gasteiger partial charge on any atom is -0.507 e. The first-order valence-electron chi connectivity index (χ1n) is 4.96. The lowest BCUT2D eigenvalue weighted by molar-refractivity contribution is 0.0970. The Morgan fingerprint density at radius 2 is 1.76 bits per heavy atom. The van der Waals surface area contributed by atoms with E-state index in [9.17, 15) is 10.2 Å². The lowest BCUT2D eigenvalue weighted by Gasteiger charge is -2.24. The fraction of sp³-hybridized carbons (Fsp3) is 0.455. The topological polar surface area (TPSA) is 66.5 Å². The number of benzene rings is 1. The summed E-state index contributed by atoms with van der Waals surface area (Å²) in [7, 11) is 0. The van der Waals surface area contributed by atoms with Gasteiger partial charge >= 0.3 is 0 Å². The van der Waals surface area contributed by atoms with Crippen LogP contribution in [0, 0.1) is 5.92 Å². The zero-order chi connectivity index (χ0) is 12.5. The minimum absolute atomic E-state index is 0. The van der Waals surface area contributed by atoms with Gasteiger partial charge in [0.05, 0.1) is 17.2 Å². The highest BCUT2D eigenvalue weighted by atomic mass is 35.5. The van der Waals surface area contributed by atoms with Gasteiger partial charge in [-0.25, -0.2) is 0 Å². The lowest BCUT2D eigenvalue weighted by Crippen LogP contribution is -2.30. The van der Waals surface area contributed by atoms with Crippen LogP contribution in [-0.4, -0.2) is 16.3 Å². The lowest BCUT2D eigenvalue weighted by atomic mass is 9.94. The van der Waals surface area contributed by atoms with Crippen molar-refractivity contribution in [2.45, 2.75) is 26.0 Å². The SMILES string of the molecule is CC(C)[C@@H](O)[C@@H](N)c1c(O)cc(Cl)cc1Cl.Cl. The van der Waals surface area contributed by atoms with Gasteiger partial charge in [-0.05, 0) is 18.1 Å². The average Bonchev–Trinajstić information content (AvgIpc) is 2.14. The number of aliphatic hydroxyl groups excluding tert-OH is 1. The summed E-state index contributed by atoms with van der Waals surface area (Å²) in [5.74, 6) is -0.120. The molecule has 0 heterocycles. The number of nitrogens with two attached hydrogens (primary N) is 1. The van der Waals surface area contributed by atoms with Crippen LogP contribution in [0.2, 0.25) is 10.0 Å². The molecule has 0 unspecified atom stereocenters. The molecule has 1 aromatic carbocycles. The molecular formula is C11H16Cl3NO2. The number of phenolic OH excluding ortho intramolecular Hbond substituents is 1. The van der Waals surface area contributed by atoms with Crippen LogP contribution in [0.25, 0.3) is 0 Å². The van der Waals surface area contributed by atoms with Crippen molar-refractivity contribution in [2.75, 3.05) is 0 Å². The van der Waals surface area contributed by atoms with E-state index in [0.29, 0.717) is 10.6 Å². The Hall–Kier alpha value is -0.190. The van der Waals surface area contributed by atoms with Crippen molar-refractivity contribution in [3.05, 3.63) is 27.7 Å². The van der Waals surface area contributed by atoms with Crippen LogP contribution in [0.1, 0.15) is 25.5 Å². The number of rotatable bonds is 3. The van der Waals surface area contributed by atoms with Crippen molar-refractivity contribution in [3.63, 3.8) is 0 Å². The van der Waals surface area contributed by atoms with E-state index in [1.807, 2.05) is 13.8 Å². The molecule has 0 aliphatic carbocycles. The molecule has 4 N–H and O–H groups in total. The van der Waals surface area contributed by atoms with E-state index in [4.69, 9.17) is 28.9 Å². The van der Waals surface area contributed by atoms with Gasteiger partial charge in [0, 0.05) is 10.6 Å². The zero-order valence-electron chi connectivity index (χ0n) is 9.52. The number of hydrogen-bond acceptors (Lipinski definition) is 3. The number of aromatic hydroxyl groups is 1. The number of hydrogen-bond donors (Lipinski definition) is 3. The summed E-state index contributed by atoms with van der Waals surface area (Å²) in [5.41, 5.74) is 6.18. The second-order valence-corrected chi connectivity index (χ2v) is 4.92. The molecule has 0 radical (unpaired) electrons. The summed E-state index contributed by atoms with van der Waals surface area (Å²) in [6.45, 7) is 3.68. The quantitative estimate of drug-likeness (QED) is 0.803. The molecule has 0 fully saturated rings. The van der Waals surface area contributed by atoms with Crippen molar-refractivity contribution in [1.82, 2.24) is 0 Å². The molecule has 0 amide bonds. The predicted octanol–water partition coefficient (Wildman–Crippen LogP) is 3.14. The first-order valence-corrected chi connectivity index (χ1v) is 5.71. The van der Waals surface area contributed by atoms with Gasteiger partial charge in [-0.15, -0.1) is 12.4 Å². The molecule has 2 atom stereocenters. The average molecular weight is 301 g/mol. The van der Waals surface area contributed by atoms with Gasteiger partial charge in [0.2, 0.25) is 0 Å². The second-order valence-electron chi connectivity index (χ2n) is 4.08. The standard InChI is InChI=1S/C11H15Cl2NO2.ClH/c1-5(2)11(16)10(14)9-7(13)3-6(12)4-8(9)15;/h3-5,10-11,15-16H,14H2,1-2H3;1H/t10-,11+;/m0./s1. The molecule has 0 spiro atoms. The number of phenols is 1. The minimum atomic E-state index is -0.774. The van der Waals surface area contributed by atoms with Gasteiger partial charge in [-0.1, -0.05) is 37.0 Å². The second kappa shape index (κ2) is 6.66. The fourth-order valence-electron chi connectivity index (χ4n) is 1.49. The van der Waals surface area contributed by atoms with Gasteiger partial charge in [0.15, 0.2) is 0 Å². The Labute approximate surface area is 117 Å². The van der Waals surface area contributed by atoms with E-state index >= 15 is 0 Å². The molecule has 3 nitrogen and oxygen atoms in total. The highest BCUT2D eigenvalue weighted by Gasteiger charge is 2.25. The molecule has 6 heteroatoms. The third-order valence-electron chi connectivity index (χ3n) is 2.46. The van der Waals surface area contributed by atoms with Gasteiger partial charge in [0.25, 0.3) is 0 Å². The summed E-state index contributed by atoms with van der Waals surface area (Å²) in [5, 5.41) is 20.1. The maximum Gasteiger partial charge on any atom is 0.123 e. The predicted molar refractivity (Wildman–Crippen MR) is 73.1 cm³/mol. The van der Waals surface area contributed by atoms with Crippen LogP contribution < -0.4 is 5.73 Å². The molecule has 0 aliphatic heterocycles.